The lowest BCUT2D eigenvalue weighted by atomic mass is 9.76. The molecule has 0 bridgehead atoms. The largest absolute Gasteiger partial charge is 0.495 e. The van der Waals surface area contributed by atoms with Crippen LogP contribution in [0, 0.1) is 0 Å². The Morgan fingerprint density at radius 3 is 2.10 bits per heavy atom. The minimum absolute atomic E-state index is 0.373. The van der Waals surface area contributed by atoms with E-state index in [9.17, 15) is 4.79 Å². The van der Waals surface area contributed by atoms with Crippen LogP contribution in [0.4, 0.5) is 0 Å². The van der Waals surface area contributed by atoms with Gasteiger partial charge in [0, 0.05) is 5.56 Å². The Morgan fingerprint density at radius 2 is 1.48 bits per heavy atom. The molecule has 0 saturated carbocycles. The Kier molecular flexibility index (Phi) is 3.19. The van der Waals surface area contributed by atoms with E-state index in [1.807, 2.05) is 64.1 Å². The maximum Gasteiger partial charge on any atom is 0.495 e. The summed E-state index contributed by atoms with van der Waals surface area (Å²) in [6, 6.07) is 11.6. The quantitative estimate of drug-likeness (QED) is 0.627. The molecule has 0 spiro atoms. The van der Waals surface area contributed by atoms with Crippen molar-refractivity contribution in [1.29, 1.82) is 0 Å². The standard InChI is InChI=1S/C17H19BO3/c1-16(2)17(3,4)21-18(20-16)15-10-6-8-13-12(11-19)7-5-9-14(13)15/h5-11H,1-4H3. The Bertz CT molecular complexity index is 690. The van der Waals surface area contributed by atoms with E-state index < -0.39 is 7.12 Å². The van der Waals surface area contributed by atoms with Crippen molar-refractivity contribution in [1.82, 2.24) is 0 Å². The first-order chi connectivity index (χ1) is 9.86. The smallest absolute Gasteiger partial charge is 0.399 e. The highest BCUT2D eigenvalue weighted by Gasteiger charge is 2.52. The minimum Gasteiger partial charge on any atom is -0.399 e. The molecule has 3 rings (SSSR count). The monoisotopic (exact) mass is 282 g/mol. The molecular formula is C17H19BO3. The van der Waals surface area contributed by atoms with Crippen molar-refractivity contribution < 1.29 is 14.1 Å². The number of hydrogen-bond acceptors (Lipinski definition) is 3. The van der Waals surface area contributed by atoms with E-state index in [4.69, 9.17) is 9.31 Å². The molecule has 0 aromatic heterocycles. The molecule has 0 unspecified atom stereocenters. The number of benzene rings is 2. The summed E-state index contributed by atoms with van der Waals surface area (Å²) in [6.45, 7) is 8.15. The zero-order chi connectivity index (χ0) is 15.3. The highest BCUT2D eigenvalue weighted by Crippen LogP contribution is 2.37. The Hall–Kier alpha value is -1.65. The molecule has 1 aliphatic rings. The van der Waals surface area contributed by atoms with Crippen molar-refractivity contribution in [2.45, 2.75) is 38.9 Å². The lowest BCUT2D eigenvalue weighted by molar-refractivity contribution is 0.00578. The van der Waals surface area contributed by atoms with Gasteiger partial charge in [-0.1, -0.05) is 36.4 Å². The highest BCUT2D eigenvalue weighted by atomic mass is 16.7. The molecular weight excluding hydrogens is 263 g/mol. The van der Waals surface area contributed by atoms with E-state index in [1.165, 1.54) is 0 Å². The average molecular weight is 282 g/mol. The molecule has 21 heavy (non-hydrogen) atoms. The average Bonchev–Trinajstić information content (AvgIpc) is 2.66. The summed E-state index contributed by atoms with van der Waals surface area (Å²) in [4.78, 5) is 11.2. The van der Waals surface area contributed by atoms with Crippen molar-refractivity contribution in [3.8, 4) is 0 Å². The van der Waals surface area contributed by atoms with E-state index >= 15 is 0 Å². The summed E-state index contributed by atoms with van der Waals surface area (Å²) in [5.74, 6) is 0. The summed E-state index contributed by atoms with van der Waals surface area (Å²) in [5, 5.41) is 1.93. The maximum absolute atomic E-state index is 11.2. The van der Waals surface area contributed by atoms with Crippen molar-refractivity contribution in [3.63, 3.8) is 0 Å². The third kappa shape index (κ3) is 2.19. The van der Waals surface area contributed by atoms with Gasteiger partial charge in [-0.3, -0.25) is 4.79 Å². The van der Waals surface area contributed by atoms with Gasteiger partial charge in [-0.15, -0.1) is 0 Å². The van der Waals surface area contributed by atoms with Crippen LogP contribution in [0.5, 0.6) is 0 Å². The predicted molar refractivity (Wildman–Crippen MR) is 85.1 cm³/mol. The third-order valence-corrected chi connectivity index (χ3v) is 4.62. The molecule has 0 N–H and O–H groups in total. The predicted octanol–water partition coefficient (Wildman–Crippen LogP) is 2.95. The summed E-state index contributed by atoms with van der Waals surface area (Å²) < 4.78 is 12.2. The fraction of sp³-hybridized carbons (Fsp3) is 0.353. The lowest BCUT2D eigenvalue weighted by Crippen LogP contribution is -2.41. The summed E-state index contributed by atoms with van der Waals surface area (Å²) in [5.41, 5.74) is 0.908. The molecule has 2 aromatic rings. The van der Waals surface area contributed by atoms with Crippen LogP contribution in [0.15, 0.2) is 36.4 Å². The normalized spacial score (nSPS) is 19.9. The summed E-state index contributed by atoms with van der Waals surface area (Å²) >= 11 is 0. The Morgan fingerprint density at radius 1 is 0.905 bits per heavy atom. The molecule has 1 heterocycles. The second-order valence-electron chi connectivity index (χ2n) is 6.50. The van der Waals surface area contributed by atoms with Gasteiger partial charge in [0.05, 0.1) is 11.2 Å². The van der Waals surface area contributed by atoms with Gasteiger partial charge < -0.3 is 9.31 Å². The first kappa shape index (κ1) is 14.3. The van der Waals surface area contributed by atoms with E-state index in [0.717, 1.165) is 22.5 Å². The van der Waals surface area contributed by atoms with Crippen LogP contribution in [0.2, 0.25) is 0 Å². The van der Waals surface area contributed by atoms with E-state index in [2.05, 4.69) is 0 Å². The molecule has 3 nitrogen and oxygen atoms in total. The van der Waals surface area contributed by atoms with Gasteiger partial charge >= 0.3 is 7.12 Å². The number of hydrogen-bond donors (Lipinski definition) is 0. The van der Waals surface area contributed by atoms with Gasteiger partial charge in [0.1, 0.15) is 0 Å². The van der Waals surface area contributed by atoms with Gasteiger partial charge in [-0.25, -0.2) is 0 Å². The Balaban J connectivity index is 2.13. The number of aldehydes is 1. The number of carbonyl (C=O) groups excluding carboxylic acids is 1. The van der Waals surface area contributed by atoms with Crippen LogP contribution in [0.25, 0.3) is 10.8 Å². The second-order valence-corrected chi connectivity index (χ2v) is 6.50. The number of fused-ring (bicyclic) bond motifs is 1. The van der Waals surface area contributed by atoms with E-state index in [0.29, 0.717) is 5.56 Å². The molecule has 1 aliphatic heterocycles. The van der Waals surface area contributed by atoms with Crippen LogP contribution in [0.1, 0.15) is 38.1 Å². The van der Waals surface area contributed by atoms with Crippen LogP contribution >= 0.6 is 0 Å². The third-order valence-electron chi connectivity index (χ3n) is 4.62. The minimum atomic E-state index is -0.416. The summed E-state index contributed by atoms with van der Waals surface area (Å²) in [6.07, 6.45) is 0.885. The molecule has 0 aliphatic carbocycles. The second kappa shape index (κ2) is 4.68. The summed E-state index contributed by atoms with van der Waals surface area (Å²) in [7, 11) is -0.416. The SMILES string of the molecule is CC1(C)OB(c2cccc3c(C=O)cccc23)OC1(C)C. The first-order valence-electron chi connectivity index (χ1n) is 7.18. The van der Waals surface area contributed by atoms with Gasteiger partial charge in [0.2, 0.25) is 0 Å². The molecule has 0 radical (unpaired) electrons. The van der Waals surface area contributed by atoms with Crippen molar-refractivity contribution in [2.75, 3.05) is 0 Å². The fourth-order valence-corrected chi connectivity index (χ4v) is 2.64. The molecule has 0 amide bonds. The topological polar surface area (TPSA) is 35.5 Å². The van der Waals surface area contributed by atoms with Crippen LogP contribution in [-0.4, -0.2) is 24.6 Å². The molecule has 4 heteroatoms. The van der Waals surface area contributed by atoms with Gasteiger partial charge in [-0.05, 0) is 43.9 Å². The van der Waals surface area contributed by atoms with Crippen molar-refractivity contribution in [3.05, 3.63) is 42.0 Å². The van der Waals surface area contributed by atoms with Crippen molar-refractivity contribution >= 4 is 29.6 Å². The van der Waals surface area contributed by atoms with Gasteiger partial charge in [0.25, 0.3) is 0 Å². The lowest BCUT2D eigenvalue weighted by Gasteiger charge is -2.32. The zero-order valence-corrected chi connectivity index (χ0v) is 12.8. The molecule has 2 aromatic carbocycles. The molecule has 0 atom stereocenters. The van der Waals surface area contributed by atoms with Crippen molar-refractivity contribution in [2.24, 2.45) is 0 Å². The number of rotatable bonds is 2. The molecule has 1 fully saturated rings. The van der Waals surface area contributed by atoms with E-state index in [-0.39, 0.29) is 11.2 Å². The van der Waals surface area contributed by atoms with E-state index in [1.54, 1.807) is 0 Å². The van der Waals surface area contributed by atoms with Crippen LogP contribution < -0.4 is 5.46 Å². The molecule has 1 saturated heterocycles. The van der Waals surface area contributed by atoms with Gasteiger partial charge in [-0.2, -0.15) is 0 Å². The number of carbonyl (C=O) groups is 1. The van der Waals surface area contributed by atoms with Crippen LogP contribution in [0.3, 0.4) is 0 Å². The molecule has 108 valence electrons. The fourth-order valence-electron chi connectivity index (χ4n) is 2.64. The van der Waals surface area contributed by atoms with Crippen LogP contribution in [-0.2, 0) is 9.31 Å². The first-order valence-corrected chi connectivity index (χ1v) is 7.18. The maximum atomic E-state index is 11.2. The van der Waals surface area contributed by atoms with Gasteiger partial charge in [0.15, 0.2) is 6.29 Å². The zero-order valence-electron chi connectivity index (χ0n) is 12.8. The highest BCUT2D eigenvalue weighted by molar-refractivity contribution is 6.65. The Labute approximate surface area is 125 Å².